The zero-order valence-electron chi connectivity index (χ0n) is 15.3. The van der Waals surface area contributed by atoms with E-state index in [9.17, 15) is 18.3 Å². The molecular weight excluding hydrogens is 450 g/mol. The quantitative estimate of drug-likeness (QED) is 0.533. The fourth-order valence-electron chi connectivity index (χ4n) is 2.91. The first-order chi connectivity index (χ1) is 13.7. The van der Waals surface area contributed by atoms with Crippen molar-refractivity contribution in [3.05, 3.63) is 34.1 Å². The van der Waals surface area contributed by atoms with Crippen molar-refractivity contribution in [2.45, 2.75) is 18.1 Å². The van der Waals surface area contributed by atoms with Gasteiger partial charge in [-0.2, -0.15) is 18.3 Å². The molecule has 156 valence electrons. The summed E-state index contributed by atoms with van der Waals surface area (Å²) in [6.07, 6.45) is -1.45. The highest BCUT2D eigenvalue weighted by Crippen LogP contribution is 2.40. The lowest BCUT2D eigenvalue weighted by molar-refractivity contribution is -0.137. The highest BCUT2D eigenvalue weighted by atomic mass is 35.5. The third-order valence-electron chi connectivity index (χ3n) is 4.21. The smallest absolute Gasteiger partial charge is 0.395 e. The fraction of sp³-hybridized carbons (Fsp3) is 0.353. The molecule has 0 aliphatic heterocycles. The molecule has 6 nitrogen and oxygen atoms in total. The van der Waals surface area contributed by atoms with Gasteiger partial charge in [-0.15, -0.1) is 11.8 Å². The van der Waals surface area contributed by atoms with Crippen molar-refractivity contribution in [1.82, 2.24) is 19.7 Å². The van der Waals surface area contributed by atoms with E-state index < -0.39 is 11.7 Å². The van der Waals surface area contributed by atoms with Gasteiger partial charge in [0.2, 0.25) is 0 Å². The van der Waals surface area contributed by atoms with Gasteiger partial charge in [0.1, 0.15) is 22.9 Å². The summed E-state index contributed by atoms with van der Waals surface area (Å²) in [5.74, 6) is 0.557. The van der Waals surface area contributed by atoms with Crippen molar-refractivity contribution in [3.63, 3.8) is 0 Å². The van der Waals surface area contributed by atoms with Crippen LogP contribution in [0.4, 0.5) is 19.0 Å². The Bertz CT molecular complexity index is 1020. The van der Waals surface area contributed by atoms with Crippen molar-refractivity contribution >= 4 is 51.8 Å². The van der Waals surface area contributed by atoms with Crippen molar-refractivity contribution in [2.75, 3.05) is 30.9 Å². The standard InChI is InChI=1S/C17H16Cl2F3N5OS/c1-3-26(4-5-28)14-12-15(24-8-23-14)27(25-16(12)29-2)13-10(18)6-9(7-11(13)19)17(20,21)22/h6-8,28H,3-5H2,1-2H3. The van der Waals surface area contributed by atoms with Crippen LogP contribution < -0.4 is 4.90 Å². The Hall–Kier alpha value is -1.75. The second-order valence-electron chi connectivity index (χ2n) is 5.91. The average Bonchev–Trinajstić information content (AvgIpc) is 3.03. The topological polar surface area (TPSA) is 67.1 Å². The third kappa shape index (κ3) is 4.11. The number of nitrogens with zero attached hydrogens (tertiary/aromatic N) is 5. The third-order valence-corrected chi connectivity index (χ3v) is 5.46. The molecular formula is C17H16Cl2F3N5OS. The van der Waals surface area contributed by atoms with Gasteiger partial charge in [0.25, 0.3) is 0 Å². The Balaban J connectivity index is 2.28. The van der Waals surface area contributed by atoms with Crippen LogP contribution in [-0.2, 0) is 6.18 Å². The summed E-state index contributed by atoms with van der Waals surface area (Å²) in [4.78, 5) is 10.4. The first-order valence-electron chi connectivity index (χ1n) is 8.43. The zero-order valence-corrected chi connectivity index (χ0v) is 17.7. The Morgan fingerprint density at radius 1 is 1.21 bits per heavy atom. The molecule has 0 aliphatic rings. The van der Waals surface area contributed by atoms with E-state index in [0.717, 1.165) is 12.1 Å². The van der Waals surface area contributed by atoms with Crippen molar-refractivity contribution in [2.24, 2.45) is 0 Å². The normalized spacial score (nSPS) is 12.0. The van der Waals surface area contributed by atoms with Gasteiger partial charge in [0, 0.05) is 13.1 Å². The summed E-state index contributed by atoms with van der Waals surface area (Å²) in [7, 11) is 0. The molecule has 12 heteroatoms. The molecule has 0 fully saturated rings. The molecule has 0 bridgehead atoms. The number of benzene rings is 1. The number of anilines is 1. The molecule has 0 atom stereocenters. The molecule has 1 aromatic carbocycles. The van der Waals surface area contributed by atoms with E-state index in [1.807, 2.05) is 11.8 Å². The molecule has 0 aliphatic carbocycles. The summed E-state index contributed by atoms with van der Waals surface area (Å²) >= 11 is 13.7. The van der Waals surface area contributed by atoms with Crippen LogP contribution in [0.15, 0.2) is 23.5 Å². The highest BCUT2D eigenvalue weighted by molar-refractivity contribution is 7.98. The number of aliphatic hydroxyl groups is 1. The molecule has 0 spiro atoms. The van der Waals surface area contributed by atoms with Gasteiger partial charge in [-0.1, -0.05) is 23.2 Å². The van der Waals surface area contributed by atoms with Crippen LogP contribution in [0.1, 0.15) is 12.5 Å². The number of halogens is 5. The van der Waals surface area contributed by atoms with E-state index in [4.69, 9.17) is 23.2 Å². The number of hydrogen-bond acceptors (Lipinski definition) is 6. The number of likely N-dealkylation sites (N-methyl/N-ethyl adjacent to an activating group) is 1. The van der Waals surface area contributed by atoms with Crippen LogP contribution in [0.3, 0.4) is 0 Å². The van der Waals surface area contributed by atoms with Gasteiger partial charge in [-0.05, 0) is 25.3 Å². The number of aliphatic hydroxyl groups excluding tert-OH is 1. The number of alkyl halides is 3. The zero-order chi connectivity index (χ0) is 21.3. The van der Waals surface area contributed by atoms with Crippen LogP contribution >= 0.6 is 35.0 Å². The lowest BCUT2D eigenvalue weighted by Crippen LogP contribution is -2.27. The summed E-state index contributed by atoms with van der Waals surface area (Å²) < 4.78 is 40.5. The largest absolute Gasteiger partial charge is 0.416 e. The van der Waals surface area contributed by atoms with Crippen LogP contribution in [0, 0.1) is 0 Å². The Morgan fingerprint density at radius 2 is 1.86 bits per heavy atom. The maximum atomic E-state index is 13.1. The number of fused-ring (bicyclic) bond motifs is 1. The number of hydrogen-bond donors (Lipinski definition) is 1. The van der Waals surface area contributed by atoms with Crippen LogP contribution in [-0.4, -0.2) is 50.8 Å². The van der Waals surface area contributed by atoms with Crippen LogP contribution in [0.2, 0.25) is 10.0 Å². The van der Waals surface area contributed by atoms with E-state index in [1.165, 1.54) is 22.8 Å². The lowest BCUT2D eigenvalue weighted by Gasteiger charge is -2.21. The summed E-state index contributed by atoms with van der Waals surface area (Å²) in [6.45, 7) is 2.77. The SMILES string of the molecule is CCN(CCO)c1ncnc2c1c(SC)nn2-c1c(Cl)cc(C(F)(F)F)cc1Cl. The average molecular weight is 466 g/mol. The maximum Gasteiger partial charge on any atom is 0.416 e. The molecule has 0 amide bonds. The maximum absolute atomic E-state index is 13.1. The summed E-state index contributed by atoms with van der Waals surface area (Å²) in [6, 6.07) is 1.61. The molecule has 0 radical (unpaired) electrons. The van der Waals surface area contributed by atoms with Crippen molar-refractivity contribution in [1.29, 1.82) is 0 Å². The van der Waals surface area contributed by atoms with E-state index in [-0.39, 0.29) is 22.3 Å². The Labute approximate surface area is 178 Å². The summed E-state index contributed by atoms with van der Waals surface area (Å²) in [5.41, 5.74) is -0.506. The second kappa shape index (κ2) is 8.55. The molecule has 3 aromatic rings. The predicted octanol–water partition coefficient (Wildman–Crippen LogP) is 4.68. The number of rotatable bonds is 6. The fourth-order valence-corrected chi connectivity index (χ4v) is 4.11. The Morgan fingerprint density at radius 3 is 2.38 bits per heavy atom. The molecule has 0 saturated heterocycles. The molecule has 3 rings (SSSR count). The minimum atomic E-state index is -4.58. The predicted molar refractivity (Wildman–Crippen MR) is 108 cm³/mol. The van der Waals surface area contributed by atoms with E-state index in [2.05, 4.69) is 15.1 Å². The van der Waals surface area contributed by atoms with Gasteiger partial charge in [-0.3, -0.25) is 0 Å². The molecule has 0 saturated carbocycles. The van der Waals surface area contributed by atoms with E-state index in [1.54, 1.807) is 6.26 Å². The highest BCUT2D eigenvalue weighted by Gasteiger charge is 2.33. The van der Waals surface area contributed by atoms with Crippen molar-refractivity contribution in [3.8, 4) is 5.69 Å². The van der Waals surface area contributed by atoms with Crippen LogP contribution in [0.5, 0.6) is 0 Å². The van der Waals surface area contributed by atoms with Crippen LogP contribution in [0.25, 0.3) is 16.7 Å². The first-order valence-corrected chi connectivity index (χ1v) is 10.4. The number of thioether (sulfide) groups is 1. The molecule has 2 aromatic heterocycles. The molecule has 1 N–H and O–H groups in total. The van der Waals surface area contributed by atoms with Gasteiger partial charge in [0.05, 0.1) is 27.6 Å². The van der Waals surface area contributed by atoms with E-state index >= 15 is 0 Å². The van der Waals surface area contributed by atoms with Gasteiger partial charge in [-0.25, -0.2) is 14.6 Å². The monoisotopic (exact) mass is 465 g/mol. The molecule has 29 heavy (non-hydrogen) atoms. The van der Waals surface area contributed by atoms with Crippen molar-refractivity contribution < 1.29 is 18.3 Å². The molecule has 2 heterocycles. The first kappa shape index (κ1) is 21.9. The second-order valence-corrected chi connectivity index (χ2v) is 7.52. The number of aromatic nitrogens is 4. The minimum Gasteiger partial charge on any atom is -0.395 e. The van der Waals surface area contributed by atoms with Gasteiger partial charge < -0.3 is 10.0 Å². The summed E-state index contributed by atoms with van der Waals surface area (Å²) in [5, 5.41) is 14.6. The minimum absolute atomic E-state index is 0.0708. The lowest BCUT2D eigenvalue weighted by atomic mass is 10.2. The van der Waals surface area contributed by atoms with Gasteiger partial charge in [0.15, 0.2) is 5.65 Å². The molecule has 0 unspecified atom stereocenters. The van der Waals surface area contributed by atoms with Gasteiger partial charge >= 0.3 is 6.18 Å². The Kier molecular flexibility index (Phi) is 6.47. The van der Waals surface area contributed by atoms with E-state index in [0.29, 0.717) is 35.0 Å².